The van der Waals surface area contributed by atoms with Crippen LogP contribution in [0.3, 0.4) is 0 Å². The Hall–Kier alpha value is -1.69. The maximum atomic E-state index is 13.8. The number of aliphatic hydroxyl groups is 1. The molecule has 2 rings (SSSR count). The maximum absolute atomic E-state index is 13.8. The molecule has 1 saturated heterocycles. The molecule has 1 aromatic carbocycles. The third kappa shape index (κ3) is 4.16. The van der Waals surface area contributed by atoms with E-state index in [1.807, 2.05) is 13.8 Å². The van der Waals surface area contributed by atoms with Crippen LogP contribution in [0.5, 0.6) is 0 Å². The van der Waals surface area contributed by atoms with Crippen molar-refractivity contribution in [2.75, 3.05) is 18.0 Å². The highest BCUT2D eigenvalue weighted by molar-refractivity contribution is 5.77. The molecule has 4 nitrogen and oxygen atoms in total. The number of nitrogens with zero attached hydrogens (tertiary/aromatic N) is 1. The molecule has 0 spiro atoms. The van der Waals surface area contributed by atoms with Crippen molar-refractivity contribution >= 4 is 11.6 Å². The zero-order valence-corrected chi connectivity index (χ0v) is 12.9. The minimum absolute atomic E-state index is 0.0270. The van der Waals surface area contributed by atoms with Crippen LogP contribution in [0.1, 0.15) is 26.7 Å². The normalized spacial score (nSPS) is 19.5. The fourth-order valence-electron chi connectivity index (χ4n) is 2.55. The quantitative estimate of drug-likeness (QED) is 0.875. The van der Waals surface area contributed by atoms with Crippen molar-refractivity contribution in [1.82, 2.24) is 5.32 Å². The van der Waals surface area contributed by atoms with Crippen LogP contribution in [0.25, 0.3) is 0 Å². The summed E-state index contributed by atoms with van der Waals surface area (Å²) in [6.07, 6.45) is 0.103. The first-order valence-electron chi connectivity index (χ1n) is 7.54. The van der Waals surface area contributed by atoms with Gasteiger partial charge >= 0.3 is 0 Å². The van der Waals surface area contributed by atoms with Crippen molar-refractivity contribution in [3.8, 4) is 0 Å². The Labute approximate surface area is 129 Å². The molecule has 0 bridgehead atoms. The standard InChI is InChI=1S/C16H22F2N2O2/c1-10(2)15(21)8-16(22)19-12-5-6-20(9-12)14-4-3-11(17)7-13(14)18/h3-4,7,10,12,15,21H,5-6,8-9H2,1-2H3,(H,19,22). The van der Waals surface area contributed by atoms with Gasteiger partial charge in [-0.05, 0) is 24.5 Å². The molecule has 1 heterocycles. The van der Waals surface area contributed by atoms with Gasteiger partial charge in [-0.3, -0.25) is 4.79 Å². The molecule has 1 amide bonds. The number of anilines is 1. The van der Waals surface area contributed by atoms with Crippen LogP contribution in [0.15, 0.2) is 18.2 Å². The number of rotatable bonds is 5. The Morgan fingerprint density at radius 1 is 1.45 bits per heavy atom. The highest BCUT2D eigenvalue weighted by Gasteiger charge is 2.26. The lowest BCUT2D eigenvalue weighted by atomic mass is 10.0. The Bertz CT molecular complexity index is 537. The van der Waals surface area contributed by atoms with Gasteiger partial charge in [0.05, 0.1) is 18.2 Å². The van der Waals surface area contributed by atoms with Gasteiger partial charge in [0.2, 0.25) is 5.91 Å². The summed E-state index contributed by atoms with van der Waals surface area (Å²) in [5.74, 6) is -1.37. The maximum Gasteiger partial charge on any atom is 0.222 e. The number of hydrogen-bond acceptors (Lipinski definition) is 3. The Morgan fingerprint density at radius 2 is 2.18 bits per heavy atom. The predicted molar refractivity (Wildman–Crippen MR) is 80.6 cm³/mol. The molecule has 122 valence electrons. The molecule has 0 aromatic heterocycles. The number of halogens is 2. The van der Waals surface area contributed by atoms with E-state index < -0.39 is 17.7 Å². The first kappa shape index (κ1) is 16.7. The van der Waals surface area contributed by atoms with Gasteiger partial charge < -0.3 is 15.3 Å². The minimum atomic E-state index is -0.660. The predicted octanol–water partition coefficient (Wildman–Crippen LogP) is 2.07. The first-order valence-corrected chi connectivity index (χ1v) is 7.54. The molecule has 0 aliphatic carbocycles. The van der Waals surface area contributed by atoms with Crippen LogP contribution in [0, 0.1) is 17.6 Å². The smallest absolute Gasteiger partial charge is 0.222 e. The summed E-state index contributed by atoms with van der Waals surface area (Å²) in [6, 6.07) is 3.41. The third-order valence-electron chi connectivity index (χ3n) is 3.97. The zero-order valence-electron chi connectivity index (χ0n) is 12.9. The Balaban J connectivity index is 1.89. The van der Waals surface area contributed by atoms with Crippen molar-refractivity contribution in [3.63, 3.8) is 0 Å². The number of carbonyl (C=O) groups excluding carboxylic acids is 1. The van der Waals surface area contributed by atoms with E-state index in [0.29, 0.717) is 25.2 Å². The van der Waals surface area contributed by atoms with Crippen LogP contribution in [0.2, 0.25) is 0 Å². The van der Waals surface area contributed by atoms with E-state index in [4.69, 9.17) is 0 Å². The van der Waals surface area contributed by atoms with Gasteiger partial charge in [0, 0.05) is 25.2 Å². The molecule has 6 heteroatoms. The number of hydrogen-bond donors (Lipinski definition) is 2. The van der Waals surface area contributed by atoms with Gasteiger partial charge in [-0.2, -0.15) is 0 Å². The van der Waals surface area contributed by atoms with Crippen molar-refractivity contribution in [2.24, 2.45) is 5.92 Å². The monoisotopic (exact) mass is 312 g/mol. The summed E-state index contributed by atoms with van der Waals surface area (Å²) in [7, 11) is 0. The van der Waals surface area contributed by atoms with E-state index >= 15 is 0 Å². The fourth-order valence-corrected chi connectivity index (χ4v) is 2.55. The Kier molecular flexibility index (Phi) is 5.34. The van der Waals surface area contributed by atoms with Gasteiger partial charge in [0.25, 0.3) is 0 Å². The molecule has 0 saturated carbocycles. The molecule has 22 heavy (non-hydrogen) atoms. The molecule has 2 N–H and O–H groups in total. The molecule has 1 aromatic rings. The summed E-state index contributed by atoms with van der Waals surface area (Å²) in [6.45, 7) is 4.78. The molecule has 2 unspecified atom stereocenters. The van der Waals surface area contributed by atoms with E-state index in [0.717, 1.165) is 6.07 Å². The third-order valence-corrected chi connectivity index (χ3v) is 3.97. The summed E-state index contributed by atoms with van der Waals surface area (Å²) in [5, 5.41) is 12.6. The number of benzene rings is 1. The molecule has 2 atom stereocenters. The lowest BCUT2D eigenvalue weighted by Gasteiger charge is -2.20. The highest BCUT2D eigenvalue weighted by Crippen LogP contribution is 2.24. The van der Waals surface area contributed by atoms with E-state index in [9.17, 15) is 18.7 Å². The summed E-state index contributed by atoms with van der Waals surface area (Å²) in [5.41, 5.74) is 0.348. The second kappa shape index (κ2) is 7.05. The molecule has 0 radical (unpaired) electrons. The van der Waals surface area contributed by atoms with Crippen LogP contribution < -0.4 is 10.2 Å². The van der Waals surface area contributed by atoms with Crippen LogP contribution >= 0.6 is 0 Å². The lowest BCUT2D eigenvalue weighted by molar-refractivity contribution is -0.124. The number of carbonyl (C=O) groups is 1. The minimum Gasteiger partial charge on any atom is -0.392 e. The molecule has 1 aliphatic rings. The molecule has 1 fully saturated rings. The van der Waals surface area contributed by atoms with Gasteiger partial charge in [0.15, 0.2) is 0 Å². The average molecular weight is 312 g/mol. The first-order chi connectivity index (χ1) is 10.4. The fraction of sp³-hybridized carbons (Fsp3) is 0.562. The van der Waals surface area contributed by atoms with E-state index in [2.05, 4.69) is 5.32 Å². The van der Waals surface area contributed by atoms with Gasteiger partial charge in [0.1, 0.15) is 11.6 Å². The second-order valence-electron chi connectivity index (χ2n) is 6.11. The molecular formula is C16H22F2N2O2. The number of nitrogens with one attached hydrogen (secondary N) is 1. The van der Waals surface area contributed by atoms with Crippen LogP contribution in [0.4, 0.5) is 14.5 Å². The van der Waals surface area contributed by atoms with Crippen molar-refractivity contribution in [3.05, 3.63) is 29.8 Å². The second-order valence-corrected chi connectivity index (χ2v) is 6.11. The highest BCUT2D eigenvalue weighted by atomic mass is 19.1. The average Bonchev–Trinajstić information content (AvgIpc) is 2.86. The Morgan fingerprint density at radius 3 is 2.82 bits per heavy atom. The van der Waals surface area contributed by atoms with E-state index in [1.165, 1.54) is 12.1 Å². The zero-order chi connectivity index (χ0) is 16.3. The summed E-state index contributed by atoms with van der Waals surface area (Å²) in [4.78, 5) is 13.6. The van der Waals surface area contributed by atoms with Gasteiger partial charge in [-0.1, -0.05) is 13.8 Å². The van der Waals surface area contributed by atoms with Crippen LogP contribution in [-0.4, -0.2) is 36.2 Å². The van der Waals surface area contributed by atoms with E-state index in [1.54, 1.807) is 4.90 Å². The molecular weight excluding hydrogens is 290 g/mol. The van der Waals surface area contributed by atoms with Crippen molar-refractivity contribution < 1.29 is 18.7 Å². The van der Waals surface area contributed by atoms with Crippen LogP contribution in [-0.2, 0) is 4.79 Å². The molecule has 1 aliphatic heterocycles. The summed E-state index contributed by atoms with van der Waals surface area (Å²) >= 11 is 0. The summed E-state index contributed by atoms with van der Waals surface area (Å²) < 4.78 is 26.7. The lowest BCUT2D eigenvalue weighted by Crippen LogP contribution is -2.39. The topological polar surface area (TPSA) is 52.6 Å². The largest absolute Gasteiger partial charge is 0.392 e. The number of amides is 1. The van der Waals surface area contributed by atoms with Crippen molar-refractivity contribution in [2.45, 2.75) is 38.8 Å². The van der Waals surface area contributed by atoms with Gasteiger partial charge in [-0.25, -0.2) is 8.78 Å². The number of aliphatic hydroxyl groups excluding tert-OH is 1. The van der Waals surface area contributed by atoms with Gasteiger partial charge in [-0.15, -0.1) is 0 Å². The SMILES string of the molecule is CC(C)C(O)CC(=O)NC1CCN(c2ccc(F)cc2F)C1. The van der Waals surface area contributed by atoms with E-state index in [-0.39, 0.29) is 24.3 Å². The van der Waals surface area contributed by atoms with Crippen molar-refractivity contribution in [1.29, 1.82) is 0 Å².